The third-order valence-electron chi connectivity index (χ3n) is 12.1. The summed E-state index contributed by atoms with van der Waals surface area (Å²) in [7, 11) is -8.66. The number of hydrogen-bond acceptors (Lipinski definition) is 10. The van der Waals surface area contributed by atoms with E-state index >= 15 is 0 Å². The van der Waals surface area contributed by atoms with Gasteiger partial charge in [-0.05, 0) is 114 Å². The van der Waals surface area contributed by atoms with Crippen molar-refractivity contribution in [2.45, 2.75) is 177 Å². The average molecular weight is 929 g/mol. The molecule has 2 heterocycles. The summed E-state index contributed by atoms with van der Waals surface area (Å²) in [6, 6.07) is 26.7. The quantitative estimate of drug-likeness (QED) is 0.0713. The summed E-state index contributed by atoms with van der Waals surface area (Å²) >= 11 is 0. The first kappa shape index (κ1) is 50.8. The summed E-state index contributed by atoms with van der Waals surface area (Å²) in [5, 5.41) is -0.0794. The summed E-state index contributed by atoms with van der Waals surface area (Å²) < 4.78 is 81.3. The van der Waals surface area contributed by atoms with Gasteiger partial charge >= 0.3 is 0 Å². The topological polar surface area (TPSA) is 111 Å². The standard InChI is InChI=1S/C48H76O10SSi3/c1-46(2,3)62(13,14)56-42(43-41(54-43)33-47(4,57-60(7,8)9)30-32-59(49,50)39-23-19-16-20-24-39)34-48(5,58-61(10,11)12)44(53-35-36-25-27-38(51-6)28-26-36)40-29-31-52-45(55-40)37-21-17-15-18-22-37/h15-28,40-45H,29-35H2,1-14H3/t40-,41+,42-,43-,44-,45-,47-,48+/m0/s1. The molecule has 0 spiro atoms. The molecule has 2 aliphatic rings. The first-order valence-corrected chi connectivity index (χ1v) is 33.7. The molecule has 14 heteroatoms. The van der Waals surface area contributed by atoms with E-state index in [1.807, 2.05) is 60.7 Å². The Morgan fingerprint density at radius 1 is 0.774 bits per heavy atom. The normalized spacial score (nSPS) is 23.2. The zero-order chi connectivity index (χ0) is 45.8. The number of epoxide rings is 1. The first-order chi connectivity index (χ1) is 28.7. The third-order valence-corrected chi connectivity index (χ3v) is 20.6. The average Bonchev–Trinajstić information content (AvgIpc) is 3.94. The molecule has 346 valence electrons. The highest BCUT2D eigenvalue weighted by Gasteiger charge is 2.56. The van der Waals surface area contributed by atoms with E-state index in [0.29, 0.717) is 43.8 Å². The maximum absolute atomic E-state index is 13.6. The Morgan fingerprint density at radius 2 is 1.37 bits per heavy atom. The fraction of sp³-hybridized carbons (Fsp3) is 0.625. The molecule has 0 amide bonds. The van der Waals surface area contributed by atoms with Crippen LogP contribution >= 0.6 is 0 Å². The van der Waals surface area contributed by atoms with Gasteiger partial charge in [-0.1, -0.05) is 81.4 Å². The van der Waals surface area contributed by atoms with Crippen LogP contribution in [0.2, 0.25) is 57.4 Å². The van der Waals surface area contributed by atoms with E-state index in [2.05, 4.69) is 87.0 Å². The van der Waals surface area contributed by atoms with E-state index in [4.69, 9.17) is 37.0 Å². The Bertz CT molecular complexity index is 1970. The SMILES string of the molecule is COc1ccc(CO[C@@H]([C@@H]2CCO[C@H](c3ccccc3)O2)[C@@](C)(C[C@H](O[Si](C)(C)C(C)(C)C)[C@H]2O[C@@H]2C[C@](C)(CCS(=O)(=O)c2ccccc2)O[Si](C)(C)C)O[Si](C)(C)C)cc1. The Hall–Kier alpha value is -2.22. The van der Waals surface area contributed by atoms with Gasteiger partial charge in [-0.25, -0.2) is 8.42 Å². The van der Waals surface area contributed by atoms with Crippen LogP contribution in [0.15, 0.2) is 89.8 Å². The number of rotatable bonds is 22. The van der Waals surface area contributed by atoms with Gasteiger partial charge in [-0.3, -0.25) is 0 Å². The van der Waals surface area contributed by atoms with Crippen LogP contribution in [0.5, 0.6) is 5.75 Å². The third kappa shape index (κ3) is 14.4. The molecule has 0 bridgehead atoms. The van der Waals surface area contributed by atoms with Crippen molar-refractivity contribution < 1.29 is 45.4 Å². The maximum atomic E-state index is 13.6. The fourth-order valence-electron chi connectivity index (χ4n) is 8.35. The summed E-state index contributed by atoms with van der Waals surface area (Å²) in [6.07, 6.45) is -0.271. The van der Waals surface area contributed by atoms with Crippen LogP contribution in [-0.4, -0.2) is 94.6 Å². The molecule has 0 radical (unpaired) electrons. The predicted molar refractivity (Wildman–Crippen MR) is 255 cm³/mol. The molecule has 0 N–H and O–H groups in total. The number of hydrogen-bond donors (Lipinski definition) is 0. The minimum Gasteiger partial charge on any atom is -0.497 e. The van der Waals surface area contributed by atoms with Crippen molar-refractivity contribution >= 4 is 34.8 Å². The molecule has 62 heavy (non-hydrogen) atoms. The van der Waals surface area contributed by atoms with Crippen LogP contribution in [0.25, 0.3) is 0 Å². The van der Waals surface area contributed by atoms with Gasteiger partial charge in [0.05, 0.1) is 60.5 Å². The zero-order valence-corrected chi connectivity index (χ0v) is 43.8. The lowest BCUT2D eigenvalue weighted by molar-refractivity contribution is -0.266. The number of benzene rings is 3. The Labute approximate surface area is 377 Å². The molecule has 2 saturated heterocycles. The van der Waals surface area contributed by atoms with Crippen molar-refractivity contribution in [3.8, 4) is 5.75 Å². The Kier molecular flexibility index (Phi) is 16.5. The van der Waals surface area contributed by atoms with Crippen molar-refractivity contribution in [1.29, 1.82) is 0 Å². The molecule has 5 rings (SSSR count). The molecule has 10 nitrogen and oxygen atoms in total. The molecule has 3 aromatic carbocycles. The van der Waals surface area contributed by atoms with E-state index in [-0.39, 0.29) is 35.2 Å². The number of sulfone groups is 1. The second kappa shape index (κ2) is 20.1. The maximum Gasteiger partial charge on any atom is 0.192 e. The summed E-state index contributed by atoms with van der Waals surface area (Å²) in [6.45, 7) is 29.5. The van der Waals surface area contributed by atoms with E-state index in [0.717, 1.165) is 16.9 Å². The second-order valence-electron chi connectivity index (χ2n) is 21.2. The van der Waals surface area contributed by atoms with Crippen LogP contribution in [0.4, 0.5) is 0 Å². The molecule has 0 aliphatic carbocycles. The molecule has 0 unspecified atom stereocenters. The second-order valence-corrected chi connectivity index (χ2v) is 36.9. The van der Waals surface area contributed by atoms with Crippen molar-refractivity contribution in [2.75, 3.05) is 19.5 Å². The van der Waals surface area contributed by atoms with Gasteiger partial charge in [0.2, 0.25) is 0 Å². The molecule has 2 fully saturated rings. The zero-order valence-electron chi connectivity index (χ0n) is 40.0. The fourth-order valence-corrected chi connectivity index (χ4v) is 14.4. The minimum absolute atomic E-state index is 0.0241. The number of methoxy groups -OCH3 is 1. The van der Waals surface area contributed by atoms with E-state index in [1.165, 1.54) is 0 Å². The monoisotopic (exact) mass is 928 g/mol. The minimum atomic E-state index is -3.53. The van der Waals surface area contributed by atoms with Crippen molar-refractivity contribution in [2.24, 2.45) is 0 Å². The molecular formula is C48H76O10SSi3. The lowest BCUT2D eigenvalue weighted by atomic mass is 9.85. The van der Waals surface area contributed by atoms with Crippen LogP contribution < -0.4 is 4.74 Å². The Morgan fingerprint density at radius 3 is 1.94 bits per heavy atom. The molecule has 2 aliphatic heterocycles. The number of ether oxygens (including phenoxy) is 5. The largest absolute Gasteiger partial charge is 0.497 e. The van der Waals surface area contributed by atoms with E-state index in [9.17, 15) is 8.42 Å². The van der Waals surface area contributed by atoms with Crippen LogP contribution in [0, 0.1) is 0 Å². The van der Waals surface area contributed by atoms with Crippen LogP contribution in [-0.2, 0) is 48.7 Å². The van der Waals surface area contributed by atoms with Gasteiger partial charge in [0.15, 0.2) is 41.1 Å². The van der Waals surface area contributed by atoms with Crippen molar-refractivity contribution in [3.05, 3.63) is 96.1 Å². The summed E-state index contributed by atoms with van der Waals surface area (Å²) in [4.78, 5) is 0.327. The van der Waals surface area contributed by atoms with Gasteiger partial charge in [-0.2, -0.15) is 0 Å². The highest BCUT2D eigenvalue weighted by Crippen LogP contribution is 2.47. The highest BCUT2D eigenvalue weighted by atomic mass is 32.2. The molecule has 3 aromatic rings. The van der Waals surface area contributed by atoms with Gasteiger partial charge in [0, 0.05) is 18.4 Å². The molecule has 0 saturated carbocycles. The smallest absolute Gasteiger partial charge is 0.192 e. The van der Waals surface area contributed by atoms with E-state index in [1.54, 1.807) is 31.4 Å². The highest BCUT2D eigenvalue weighted by molar-refractivity contribution is 7.91. The lowest BCUT2D eigenvalue weighted by Crippen LogP contribution is -2.59. The first-order valence-electron chi connectivity index (χ1n) is 22.3. The van der Waals surface area contributed by atoms with Gasteiger partial charge in [0.1, 0.15) is 18.0 Å². The molecular weight excluding hydrogens is 853 g/mol. The van der Waals surface area contributed by atoms with Crippen LogP contribution in [0.3, 0.4) is 0 Å². The van der Waals surface area contributed by atoms with Gasteiger partial charge < -0.3 is 37.0 Å². The molecule has 8 atom stereocenters. The van der Waals surface area contributed by atoms with E-state index < -0.39 is 58.4 Å². The van der Waals surface area contributed by atoms with Gasteiger partial charge in [0.25, 0.3) is 0 Å². The summed E-state index contributed by atoms with van der Waals surface area (Å²) in [5.41, 5.74) is 0.338. The molecule has 0 aromatic heterocycles. The van der Waals surface area contributed by atoms with Crippen LogP contribution in [0.1, 0.15) is 77.7 Å². The van der Waals surface area contributed by atoms with Crippen molar-refractivity contribution in [3.63, 3.8) is 0 Å². The Balaban J connectivity index is 1.50. The summed E-state index contributed by atoms with van der Waals surface area (Å²) in [5.74, 6) is 0.758. The van der Waals surface area contributed by atoms with Crippen molar-refractivity contribution in [1.82, 2.24) is 0 Å². The van der Waals surface area contributed by atoms with Gasteiger partial charge in [-0.15, -0.1) is 0 Å². The predicted octanol–water partition coefficient (Wildman–Crippen LogP) is 11.1. The lowest BCUT2D eigenvalue weighted by Gasteiger charge is -2.49.